The van der Waals surface area contributed by atoms with Gasteiger partial charge < -0.3 is 11.1 Å². The van der Waals surface area contributed by atoms with E-state index in [0.717, 1.165) is 5.56 Å². The van der Waals surface area contributed by atoms with E-state index in [0.29, 0.717) is 11.6 Å². The van der Waals surface area contributed by atoms with Gasteiger partial charge in [0.1, 0.15) is 5.69 Å². The summed E-state index contributed by atoms with van der Waals surface area (Å²) in [5.41, 5.74) is 7.10. The summed E-state index contributed by atoms with van der Waals surface area (Å²) in [6, 6.07) is 11.4. The third kappa shape index (κ3) is 3.28. The van der Waals surface area contributed by atoms with Crippen LogP contribution < -0.4 is 11.1 Å². The Morgan fingerprint density at radius 3 is 2.47 bits per heavy atom. The lowest BCUT2D eigenvalue weighted by molar-refractivity contribution is 0.0995. The first kappa shape index (κ1) is 13.0. The highest BCUT2D eigenvalue weighted by molar-refractivity contribution is 5.92. The Kier molecular flexibility index (Phi) is 3.75. The second-order valence-corrected chi connectivity index (χ2v) is 4.49. The number of carbonyl (C=O) groups excluding carboxylic acids is 1. The van der Waals surface area contributed by atoms with Gasteiger partial charge in [0.2, 0.25) is 5.95 Å². The van der Waals surface area contributed by atoms with Crippen molar-refractivity contribution in [2.45, 2.75) is 19.9 Å². The third-order valence-corrected chi connectivity index (χ3v) is 2.47. The molecular formula is C14H16N4O. The molecule has 0 saturated heterocycles. The normalized spacial score (nSPS) is 10.5. The van der Waals surface area contributed by atoms with Crippen LogP contribution in [-0.2, 0) is 0 Å². The average molecular weight is 256 g/mol. The summed E-state index contributed by atoms with van der Waals surface area (Å²) in [6.07, 6.45) is 0. The van der Waals surface area contributed by atoms with E-state index in [9.17, 15) is 4.79 Å². The minimum absolute atomic E-state index is 0.173. The van der Waals surface area contributed by atoms with Gasteiger partial charge in [0.15, 0.2) is 0 Å². The molecule has 0 spiro atoms. The largest absolute Gasteiger partial charge is 0.364 e. The lowest BCUT2D eigenvalue weighted by Gasteiger charge is -2.10. The van der Waals surface area contributed by atoms with E-state index in [-0.39, 0.29) is 11.7 Å². The Labute approximate surface area is 111 Å². The predicted molar refractivity (Wildman–Crippen MR) is 74.7 cm³/mol. The maximum atomic E-state index is 11.3. The summed E-state index contributed by atoms with van der Waals surface area (Å²) >= 11 is 0. The predicted octanol–water partition coefficient (Wildman–Crippen LogP) is 2.06. The number of amides is 1. The summed E-state index contributed by atoms with van der Waals surface area (Å²) in [5, 5.41) is 3.08. The van der Waals surface area contributed by atoms with Crippen LogP contribution in [0, 0.1) is 0 Å². The van der Waals surface area contributed by atoms with Gasteiger partial charge in [-0.2, -0.15) is 0 Å². The Morgan fingerprint density at radius 1 is 1.21 bits per heavy atom. The van der Waals surface area contributed by atoms with Crippen LogP contribution >= 0.6 is 0 Å². The highest BCUT2D eigenvalue weighted by Crippen LogP contribution is 2.19. The van der Waals surface area contributed by atoms with Crippen LogP contribution in [0.25, 0.3) is 11.3 Å². The number of nitrogens with one attached hydrogen (secondary N) is 1. The molecular weight excluding hydrogens is 240 g/mol. The van der Waals surface area contributed by atoms with Gasteiger partial charge in [-0.1, -0.05) is 30.3 Å². The number of hydrogen-bond donors (Lipinski definition) is 2. The maximum absolute atomic E-state index is 11.3. The summed E-state index contributed by atoms with van der Waals surface area (Å²) in [6.45, 7) is 3.95. The van der Waals surface area contributed by atoms with Crippen molar-refractivity contribution in [1.29, 1.82) is 0 Å². The van der Waals surface area contributed by atoms with Crippen LogP contribution in [0.2, 0.25) is 0 Å². The van der Waals surface area contributed by atoms with Crippen molar-refractivity contribution < 1.29 is 4.79 Å². The molecule has 3 N–H and O–H groups in total. The summed E-state index contributed by atoms with van der Waals surface area (Å²) in [7, 11) is 0. The molecule has 0 unspecified atom stereocenters. The van der Waals surface area contributed by atoms with Gasteiger partial charge in [-0.3, -0.25) is 4.79 Å². The molecule has 0 aliphatic rings. The van der Waals surface area contributed by atoms with Gasteiger partial charge in [0.25, 0.3) is 5.91 Å². The second-order valence-electron chi connectivity index (χ2n) is 4.49. The molecule has 1 aromatic carbocycles. The van der Waals surface area contributed by atoms with E-state index in [1.807, 2.05) is 44.2 Å². The van der Waals surface area contributed by atoms with Gasteiger partial charge in [-0.05, 0) is 19.9 Å². The van der Waals surface area contributed by atoms with Gasteiger partial charge in [-0.15, -0.1) is 0 Å². The van der Waals surface area contributed by atoms with Crippen molar-refractivity contribution in [2.75, 3.05) is 5.32 Å². The standard InChI is InChI=1S/C14H16N4O/c1-9(2)16-14-17-11(8-12(18-14)13(15)19)10-6-4-3-5-7-10/h3-9H,1-2H3,(H2,15,19)(H,16,17,18). The number of nitrogens with zero attached hydrogens (tertiary/aromatic N) is 2. The van der Waals surface area contributed by atoms with E-state index < -0.39 is 5.91 Å². The third-order valence-electron chi connectivity index (χ3n) is 2.47. The minimum atomic E-state index is -0.564. The van der Waals surface area contributed by atoms with E-state index in [1.165, 1.54) is 0 Å². The first-order chi connectivity index (χ1) is 9.06. The highest BCUT2D eigenvalue weighted by Gasteiger charge is 2.10. The molecule has 0 fully saturated rings. The molecule has 0 aliphatic heterocycles. The van der Waals surface area contributed by atoms with Crippen molar-refractivity contribution in [3.8, 4) is 11.3 Å². The number of rotatable bonds is 4. The van der Waals surface area contributed by atoms with Gasteiger partial charge in [-0.25, -0.2) is 9.97 Å². The van der Waals surface area contributed by atoms with Gasteiger partial charge >= 0.3 is 0 Å². The minimum Gasteiger partial charge on any atom is -0.364 e. The monoisotopic (exact) mass is 256 g/mol. The molecule has 1 aromatic heterocycles. The lowest BCUT2D eigenvalue weighted by atomic mass is 10.1. The first-order valence-corrected chi connectivity index (χ1v) is 6.07. The fraction of sp³-hybridized carbons (Fsp3) is 0.214. The molecule has 0 radical (unpaired) electrons. The van der Waals surface area contributed by atoms with E-state index in [1.54, 1.807) is 6.07 Å². The summed E-state index contributed by atoms with van der Waals surface area (Å²) in [5.74, 6) is -0.156. The van der Waals surface area contributed by atoms with Crippen LogP contribution in [0.4, 0.5) is 5.95 Å². The zero-order valence-electron chi connectivity index (χ0n) is 10.9. The maximum Gasteiger partial charge on any atom is 0.267 e. The average Bonchev–Trinajstić information content (AvgIpc) is 2.38. The van der Waals surface area contributed by atoms with E-state index in [2.05, 4.69) is 15.3 Å². The topological polar surface area (TPSA) is 80.9 Å². The SMILES string of the molecule is CC(C)Nc1nc(C(N)=O)cc(-c2ccccc2)n1. The van der Waals surface area contributed by atoms with E-state index >= 15 is 0 Å². The Hall–Kier alpha value is -2.43. The van der Waals surface area contributed by atoms with Crippen molar-refractivity contribution in [3.63, 3.8) is 0 Å². The number of anilines is 1. The molecule has 0 saturated carbocycles. The molecule has 98 valence electrons. The van der Waals surface area contributed by atoms with Crippen molar-refractivity contribution in [1.82, 2.24) is 9.97 Å². The zero-order chi connectivity index (χ0) is 13.8. The van der Waals surface area contributed by atoms with Gasteiger partial charge in [0.05, 0.1) is 5.69 Å². The number of carbonyl (C=O) groups is 1. The molecule has 2 rings (SSSR count). The smallest absolute Gasteiger partial charge is 0.267 e. The van der Waals surface area contributed by atoms with Gasteiger partial charge in [0, 0.05) is 11.6 Å². The Balaban J connectivity index is 2.48. The number of hydrogen-bond acceptors (Lipinski definition) is 4. The van der Waals surface area contributed by atoms with Crippen molar-refractivity contribution in [2.24, 2.45) is 5.73 Å². The fourth-order valence-corrected chi connectivity index (χ4v) is 1.65. The molecule has 1 amide bonds. The number of nitrogens with two attached hydrogens (primary N) is 1. The summed E-state index contributed by atoms with van der Waals surface area (Å²) in [4.78, 5) is 19.8. The Bertz CT molecular complexity index is 581. The van der Waals surface area contributed by atoms with Crippen LogP contribution in [0.1, 0.15) is 24.3 Å². The number of aromatic nitrogens is 2. The molecule has 5 heteroatoms. The number of benzene rings is 1. The molecule has 5 nitrogen and oxygen atoms in total. The Morgan fingerprint density at radius 2 is 1.89 bits per heavy atom. The highest BCUT2D eigenvalue weighted by atomic mass is 16.1. The van der Waals surface area contributed by atoms with E-state index in [4.69, 9.17) is 5.73 Å². The zero-order valence-corrected chi connectivity index (χ0v) is 10.9. The van der Waals surface area contributed by atoms with Crippen molar-refractivity contribution in [3.05, 3.63) is 42.1 Å². The molecule has 0 aliphatic carbocycles. The lowest BCUT2D eigenvalue weighted by Crippen LogP contribution is -2.18. The van der Waals surface area contributed by atoms with Crippen molar-refractivity contribution >= 4 is 11.9 Å². The van der Waals surface area contributed by atoms with Crippen LogP contribution in [0.3, 0.4) is 0 Å². The van der Waals surface area contributed by atoms with Crippen LogP contribution in [-0.4, -0.2) is 21.9 Å². The quantitative estimate of drug-likeness (QED) is 0.877. The molecule has 1 heterocycles. The molecule has 0 bridgehead atoms. The molecule has 2 aromatic rings. The molecule has 0 atom stereocenters. The summed E-state index contributed by atoms with van der Waals surface area (Å²) < 4.78 is 0. The fourth-order valence-electron chi connectivity index (χ4n) is 1.65. The van der Waals surface area contributed by atoms with Crippen LogP contribution in [0.5, 0.6) is 0 Å². The number of primary amides is 1. The van der Waals surface area contributed by atoms with Crippen LogP contribution in [0.15, 0.2) is 36.4 Å². The second kappa shape index (κ2) is 5.48. The first-order valence-electron chi connectivity index (χ1n) is 6.07. The molecule has 19 heavy (non-hydrogen) atoms.